The Kier molecular flexibility index (Phi) is 2.92. The zero-order chi connectivity index (χ0) is 11.9. The molecule has 2 unspecified atom stereocenters. The molecular formula is C12H18N2O2S. The molecule has 1 N–H and O–H groups in total. The summed E-state index contributed by atoms with van der Waals surface area (Å²) in [5.74, 6) is 0.310. The summed E-state index contributed by atoms with van der Waals surface area (Å²) in [6, 6.07) is 0. The van der Waals surface area contributed by atoms with Crippen molar-refractivity contribution in [1.29, 1.82) is 0 Å². The summed E-state index contributed by atoms with van der Waals surface area (Å²) in [6.45, 7) is 2.70. The molecule has 1 aliphatic carbocycles. The third kappa shape index (κ3) is 2.00. The van der Waals surface area contributed by atoms with Crippen LogP contribution in [0, 0.1) is 12.8 Å². The summed E-state index contributed by atoms with van der Waals surface area (Å²) in [6.07, 6.45) is 5.12. The van der Waals surface area contributed by atoms with Gasteiger partial charge in [-0.1, -0.05) is 4.49 Å². The first-order valence-electron chi connectivity index (χ1n) is 6.31. The Morgan fingerprint density at radius 1 is 1.53 bits per heavy atom. The molecule has 2 atom stereocenters. The summed E-state index contributed by atoms with van der Waals surface area (Å²) in [5.41, 5.74) is 0.965. The second kappa shape index (κ2) is 4.30. The maximum Gasteiger partial charge on any atom is 0.0946 e. The van der Waals surface area contributed by atoms with E-state index in [1.54, 1.807) is 0 Å². The molecule has 3 rings (SSSR count). The molecule has 0 amide bonds. The van der Waals surface area contributed by atoms with E-state index in [4.69, 9.17) is 4.74 Å². The highest BCUT2D eigenvalue weighted by Gasteiger charge is 2.44. The van der Waals surface area contributed by atoms with Gasteiger partial charge in [-0.3, -0.25) is 0 Å². The van der Waals surface area contributed by atoms with Gasteiger partial charge < -0.3 is 9.84 Å². The van der Waals surface area contributed by atoms with Crippen LogP contribution >= 0.6 is 11.5 Å². The van der Waals surface area contributed by atoms with Crippen molar-refractivity contribution in [3.8, 4) is 0 Å². The largest absolute Gasteiger partial charge is 0.387 e. The fourth-order valence-electron chi connectivity index (χ4n) is 2.98. The Bertz CT molecular complexity index is 403. The highest BCUT2D eigenvalue weighted by Crippen LogP contribution is 2.47. The van der Waals surface area contributed by atoms with Crippen LogP contribution in [0.2, 0.25) is 0 Å². The van der Waals surface area contributed by atoms with Crippen molar-refractivity contribution in [2.75, 3.05) is 6.61 Å². The van der Waals surface area contributed by atoms with Crippen molar-refractivity contribution in [3.63, 3.8) is 0 Å². The van der Waals surface area contributed by atoms with Crippen LogP contribution in [0.1, 0.15) is 48.8 Å². The van der Waals surface area contributed by atoms with E-state index < -0.39 is 6.10 Å². The summed E-state index contributed by atoms with van der Waals surface area (Å²) in [5, 5.41) is 14.4. The number of hydrogen-bond donors (Lipinski definition) is 1. The van der Waals surface area contributed by atoms with Crippen LogP contribution in [-0.4, -0.2) is 26.9 Å². The van der Waals surface area contributed by atoms with Crippen molar-refractivity contribution in [2.24, 2.45) is 5.92 Å². The van der Waals surface area contributed by atoms with Crippen molar-refractivity contribution in [1.82, 2.24) is 9.59 Å². The molecule has 0 aromatic carbocycles. The molecule has 4 nitrogen and oxygen atoms in total. The Labute approximate surface area is 105 Å². The van der Waals surface area contributed by atoms with Gasteiger partial charge in [-0.25, -0.2) is 0 Å². The fourth-order valence-corrected chi connectivity index (χ4v) is 3.70. The first-order valence-corrected chi connectivity index (χ1v) is 7.08. The molecular weight excluding hydrogens is 236 g/mol. The quantitative estimate of drug-likeness (QED) is 0.879. The van der Waals surface area contributed by atoms with Crippen LogP contribution in [-0.2, 0) is 4.74 Å². The standard InChI is InChI=1S/C12H18N2O2S/c1-8-11(17-14-13-8)10(15)9-3-6-16-12(7-9)4-2-5-12/h9-10,15H,2-7H2,1H3. The molecule has 2 fully saturated rings. The maximum absolute atomic E-state index is 10.4. The molecule has 1 saturated heterocycles. The van der Waals surface area contributed by atoms with Crippen LogP contribution in [0.3, 0.4) is 0 Å². The van der Waals surface area contributed by atoms with Crippen molar-refractivity contribution in [3.05, 3.63) is 10.6 Å². The Morgan fingerprint density at radius 2 is 2.35 bits per heavy atom. The van der Waals surface area contributed by atoms with Gasteiger partial charge in [0.2, 0.25) is 0 Å². The molecule has 2 heterocycles. The second-order valence-electron chi connectivity index (χ2n) is 5.31. The highest BCUT2D eigenvalue weighted by atomic mass is 32.1. The minimum atomic E-state index is -0.406. The molecule has 17 heavy (non-hydrogen) atoms. The number of aromatic nitrogens is 2. The number of ether oxygens (including phenoxy) is 1. The van der Waals surface area contributed by atoms with Gasteiger partial charge in [0.1, 0.15) is 0 Å². The van der Waals surface area contributed by atoms with Crippen LogP contribution in [0.5, 0.6) is 0 Å². The first kappa shape index (κ1) is 11.6. The van der Waals surface area contributed by atoms with Gasteiger partial charge in [0.25, 0.3) is 0 Å². The normalized spacial score (nSPS) is 28.9. The van der Waals surface area contributed by atoms with E-state index in [0.29, 0.717) is 5.92 Å². The van der Waals surface area contributed by atoms with Gasteiger partial charge >= 0.3 is 0 Å². The van der Waals surface area contributed by atoms with Crippen molar-refractivity contribution in [2.45, 2.75) is 50.7 Å². The first-order chi connectivity index (χ1) is 8.20. The Balaban J connectivity index is 1.73. The zero-order valence-corrected chi connectivity index (χ0v) is 10.9. The molecule has 1 aromatic heterocycles. The number of aliphatic hydroxyl groups is 1. The third-order valence-corrected chi connectivity index (χ3v) is 5.09. The lowest BCUT2D eigenvalue weighted by Crippen LogP contribution is -2.46. The fraction of sp³-hybridized carbons (Fsp3) is 0.833. The van der Waals surface area contributed by atoms with Crippen molar-refractivity contribution < 1.29 is 9.84 Å². The van der Waals surface area contributed by atoms with Crippen LogP contribution in [0.4, 0.5) is 0 Å². The average Bonchev–Trinajstić information content (AvgIpc) is 2.73. The van der Waals surface area contributed by atoms with E-state index >= 15 is 0 Å². The molecule has 1 saturated carbocycles. The predicted octanol–water partition coefficient (Wildman–Crippen LogP) is 2.23. The molecule has 1 aliphatic heterocycles. The Morgan fingerprint density at radius 3 is 2.94 bits per heavy atom. The number of aliphatic hydroxyl groups excluding tert-OH is 1. The van der Waals surface area contributed by atoms with Crippen LogP contribution < -0.4 is 0 Å². The van der Waals surface area contributed by atoms with Gasteiger partial charge in [-0.15, -0.1) is 5.10 Å². The lowest BCUT2D eigenvalue weighted by atomic mass is 9.70. The van der Waals surface area contributed by atoms with Gasteiger partial charge in [0.15, 0.2) is 0 Å². The lowest BCUT2D eigenvalue weighted by molar-refractivity contribution is -0.157. The summed E-state index contributed by atoms with van der Waals surface area (Å²) < 4.78 is 9.80. The Hall–Kier alpha value is -0.520. The van der Waals surface area contributed by atoms with Gasteiger partial charge in [-0.05, 0) is 56.5 Å². The topological polar surface area (TPSA) is 55.2 Å². The summed E-state index contributed by atoms with van der Waals surface area (Å²) in [4.78, 5) is 0.936. The van der Waals surface area contributed by atoms with Gasteiger partial charge in [-0.2, -0.15) is 0 Å². The minimum Gasteiger partial charge on any atom is -0.387 e. The molecule has 94 valence electrons. The predicted molar refractivity (Wildman–Crippen MR) is 64.9 cm³/mol. The van der Waals surface area contributed by atoms with E-state index in [1.165, 1.54) is 18.0 Å². The van der Waals surface area contributed by atoms with E-state index in [1.807, 2.05) is 6.92 Å². The zero-order valence-electron chi connectivity index (χ0n) is 10.1. The highest BCUT2D eigenvalue weighted by molar-refractivity contribution is 7.05. The van der Waals surface area contributed by atoms with E-state index in [-0.39, 0.29) is 5.60 Å². The smallest absolute Gasteiger partial charge is 0.0946 e. The monoisotopic (exact) mass is 254 g/mol. The molecule has 2 aliphatic rings. The lowest BCUT2D eigenvalue weighted by Gasteiger charge is -2.48. The summed E-state index contributed by atoms with van der Waals surface area (Å²) in [7, 11) is 0. The number of aryl methyl sites for hydroxylation is 1. The average molecular weight is 254 g/mol. The van der Waals surface area contributed by atoms with Gasteiger partial charge in [0, 0.05) is 6.61 Å². The molecule has 0 bridgehead atoms. The molecule has 0 radical (unpaired) electrons. The maximum atomic E-state index is 10.4. The van der Waals surface area contributed by atoms with Crippen LogP contribution in [0.15, 0.2) is 0 Å². The van der Waals surface area contributed by atoms with Crippen molar-refractivity contribution >= 4 is 11.5 Å². The number of hydrogen-bond acceptors (Lipinski definition) is 5. The van der Waals surface area contributed by atoms with E-state index in [2.05, 4.69) is 9.59 Å². The summed E-state index contributed by atoms with van der Waals surface area (Å²) >= 11 is 1.33. The second-order valence-corrected chi connectivity index (χ2v) is 6.09. The SMILES string of the molecule is Cc1nnsc1C(O)C1CCOC2(CCC2)C1. The van der Waals surface area contributed by atoms with Gasteiger partial charge in [0.05, 0.1) is 22.3 Å². The van der Waals surface area contributed by atoms with E-state index in [0.717, 1.165) is 42.9 Å². The molecule has 5 heteroatoms. The van der Waals surface area contributed by atoms with E-state index in [9.17, 15) is 5.11 Å². The minimum absolute atomic E-state index is 0.0932. The molecule has 1 spiro atoms. The third-order valence-electron chi connectivity index (χ3n) is 4.20. The van der Waals surface area contributed by atoms with Crippen LogP contribution in [0.25, 0.3) is 0 Å². The number of nitrogens with zero attached hydrogens (tertiary/aromatic N) is 2. The molecule has 1 aromatic rings. The number of rotatable bonds is 2.